The Bertz CT molecular complexity index is 820. The molecule has 0 radical (unpaired) electrons. The Morgan fingerprint density at radius 1 is 1.10 bits per heavy atom. The first-order chi connectivity index (χ1) is 14.1. The molecular weight excluding hydrogens is 388 g/mol. The topological polar surface area (TPSA) is 45.2 Å². The number of halogens is 1. The van der Waals surface area contributed by atoms with Gasteiger partial charge in [0.05, 0.1) is 17.8 Å². The zero-order chi connectivity index (χ0) is 20.6. The van der Waals surface area contributed by atoms with Crippen molar-refractivity contribution in [1.29, 1.82) is 0 Å². The predicted octanol–water partition coefficient (Wildman–Crippen LogP) is 3.94. The van der Waals surface area contributed by atoms with Crippen LogP contribution in [0.2, 0.25) is 5.02 Å². The lowest BCUT2D eigenvalue weighted by atomic mass is 10.2. The second kappa shape index (κ2) is 10.5. The SMILES string of the molecule is C/C=C/c1ccc(OCC(O)CN2CCN(c3ccccc3Cl)CC2)c(OC)c1. The summed E-state index contributed by atoms with van der Waals surface area (Å²) in [5.41, 5.74) is 2.12. The van der Waals surface area contributed by atoms with Gasteiger partial charge in [0.2, 0.25) is 0 Å². The summed E-state index contributed by atoms with van der Waals surface area (Å²) in [7, 11) is 1.62. The highest BCUT2D eigenvalue weighted by molar-refractivity contribution is 6.33. The lowest BCUT2D eigenvalue weighted by Gasteiger charge is -2.37. The first-order valence-corrected chi connectivity index (χ1v) is 10.3. The Morgan fingerprint density at radius 3 is 2.55 bits per heavy atom. The van der Waals surface area contributed by atoms with E-state index in [4.69, 9.17) is 21.1 Å². The molecule has 6 heteroatoms. The van der Waals surface area contributed by atoms with Crippen LogP contribution in [0.4, 0.5) is 5.69 Å². The maximum atomic E-state index is 10.4. The number of hydrogen-bond acceptors (Lipinski definition) is 5. The summed E-state index contributed by atoms with van der Waals surface area (Å²) in [6.45, 7) is 6.31. The molecule has 1 heterocycles. The second-order valence-corrected chi connectivity index (χ2v) is 7.52. The lowest BCUT2D eigenvalue weighted by Crippen LogP contribution is -2.49. The smallest absolute Gasteiger partial charge is 0.161 e. The number of rotatable bonds is 8. The average molecular weight is 417 g/mol. The van der Waals surface area contributed by atoms with Crippen molar-refractivity contribution < 1.29 is 14.6 Å². The molecule has 0 aromatic heterocycles. The molecule has 0 saturated carbocycles. The molecule has 3 rings (SSSR count). The summed E-state index contributed by atoms with van der Waals surface area (Å²) in [5.74, 6) is 1.31. The van der Waals surface area contributed by atoms with E-state index in [9.17, 15) is 5.11 Å². The van der Waals surface area contributed by atoms with Crippen LogP contribution in [-0.2, 0) is 0 Å². The molecule has 1 fully saturated rings. The first-order valence-electron chi connectivity index (χ1n) is 9.94. The number of allylic oxidation sites excluding steroid dienone is 1. The molecule has 0 spiro atoms. The average Bonchev–Trinajstić information content (AvgIpc) is 2.74. The minimum absolute atomic E-state index is 0.226. The minimum Gasteiger partial charge on any atom is -0.493 e. The van der Waals surface area contributed by atoms with Gasteiger partial charge in [-0.05, 0) is 36.8 Å². The van der Waals surface area contributed by atoms with E-state index in [-0.39, 0.29) is 6.61 Å². The van der Waals surface area contributed by atoms with E-state index in [0.29, 0.717) is 18.0 Å². The molecule has 1 aliphatic rings. The highest BCUT2D eigenvalue weighted by Gasteiger charge is 2.21. The van der Waals surface area contributed by atoms with Crippen LogP contribution >= 0.6 is 11.6 Å². The number of nitrogens with zero attached hydrogens (tertiary/aromatic N) is 2. The summed E-state index contributed by atoms with van der Waals surface area (Å²) in [6, 6.07) is 13.7. The number of β-amino-alcohol motifs (C(OH)–C–C–N with tert-alkyl or cyclic N) is 1. The van der Waals surface area contributed by atoms with Crippen LogP contribution in [-0.4, -0.2) is 62.6 Å². The summed E-state index contributed by atoms with van der Waals surface area (Å²) in [5, 5.41) is 11.2. The number of para-hydroxylation sites is 1. The van der Waals surface area contributed by atoms with Crippen LogP contribution in [0.3, 0.4) is 0 Å². The van der Waals surface area contributed by atoms with E-state index < -0.39 is 6.10 Å². The molecular formula is C23H29ClN2O3. The van der Waals surface area contributed by atoms with Crippen molar-refractivity contribution in [3.05, 3.63) is 59.1 Å². The number of benzene rings is 2. The Labute approximate surface area is 178 Å². The van der Waals surface area contributed by atoms with Gasteiger partial charge in [0, 0.05) is 32.7 Å². The molecule has 5 nitrogen and oxygen atoms in total. The van der Waals surface area contributed by atoms with Crippen molar-refractivity contribution in [2.75, 3.05) is 51.3 Å². The summed E-state index contributed by atoms with van der Waals surface area (Å²) >= 11 is 6.30. The van der Waals surface area contributed by atoms with Gasteiger partial charge >= 0.3 is 0 Å². The predicted molar refractivity (Wildman–Crippen MR) is 119 cm³/mol. The second-order valence-electron chi connectivity index (χ2n) is 7.11. The molecule has 2 aromatic rings. The Hall–Kier alpha value is -2.21. The number of anilines is 1. The third kappa shape index (κ3) is 5.89. The monoisotopic (exact) mass is 416 g/mol. The van der Waals surface area contributed by atoms with Crippen LogP contribution in [0.25, 0.3) is 6.08 Å². The van der Waals surface area contributed by atoms with Gasteiger partial charge in [-0.1, -0.05) is 42.0 Å². The third-order valence-corrected chi connectivity index (χ3v) is 5.33. The van der Waals surface area contributed by atoms with Gasteiger partial charge in [-0.3, -0.25) is 4.90 Å². The standard InChI is InChI=1S/C23H29ClN2O3/c1-3-6-18-9-10-22(23(15-18)28-2)29-17-19(27)16-25-11-13-26(14-12-25)21-8-5-4-7-20(21)24/h3-10,15,19,27H,11-14,16-17H2,1-2H3/b6-3+. The van der Waals surface area contributed by atoms with E-state index in [2.05, 4.69) is 15.9 Å². The first kappa shape index (κ1) is 21.5. The van der Waals surface area contributed by atoms with Crippen molar-refractivity contribution in [1.82, 2.24) is 4.90 Å². The molecule has 1 atom stereocenters. The number of methoxy groups -OCH3 is 1. The number of aliphatic hydroxyl groups excluding tert-OH is 1. The van der Waals surface area contributed by atoms with Crippen molar-refractivity contribution in [2.24, 2.45) is 0 Å². The molecule has 0 bridgehead atoms. The summed E-state index contributed by atoms with van der Waals surface area (Å²) in [6.07, 6.45) is 3.41. The summed E-state index contributed by atoms with van der Waals surface area (Å²) < 4.78 is 11.2. The van der Waals surface area contributed by atoms with E-state index in [1.165, 1.54) is 0 Å². The molecule has 1 N–H and O–H groups in total. The van der Waals surface area contributed by atoms with Gasteiger partial charge in [-0.15, -0.1) is 0 Å². The zero-order valence-corrected chi connectivity index (χ0v) is 17.8. The highest BCUT2D eigenvalue weighted by Crippen LogP contribution is 2.29. The molecule has 0 aliphatic carbocycles. The van der Waals surface area contributed by atoms with Crippen LogP contribution < -0.4 is 14.4 Å². The highest BCUT2D eigenvalue weighted by atomic mass is 35.5. The van der Waals surface area contributed by atoms with E-state index in [1.807, 2.05) is 55.5 Å². The zero-order valence-electron chi connectivity index (χ0n) is 17.1. The van der Waals surface area contributed by atoms with E-state index in [0.717, 1.165) is 42.5 Å². The molecule has 156 valence electrons. The maximum Gasteiger partial charge on any atom is 0.161 e. The maximum absolute atomic E-state index is 10.4. The fraction of sp³-hybridized carbons (Fsp3) is 0.391. The summed E-state index contributed by atoms with van der Waals surface area (Å²) in [4.78, 5) is 4.55. The Balaban J connectivity index is 1.47. The van der Waals surface area contributed by atoms with Crippen LogP contribution in [0.5, 0.6) is 11.5 Å². The van der Waals surface area contributed by atoms with Gasteiger partial charge in [0.1, 0.15) is 12.7 Å². The third-order valence-electron chi connectivity index (χ3n) is 5.01. The molecule has 1 unspecified atom stereocenters. The largest absolute Gasteiger partial charge is 0.493 e. The number of ether oxygens (including phenoxy) is 2. The Morgan fingerprint density at radius 2 is 1.86 bits per heavy atom. The number of aliphatic hydroxyl groups is 1. The molecule has 1 aliphatic heterocycles. The van der Waals surface area contributed by atoms with Gasteiger partial charge in [-0.2, -0.15) is 0 Å². The molecule has 29 heavy (non-hydrogen) atoms. The Kier molecular flexibility index (Phi) is 7.81. The lowest BCUT2D eigenvalue weighted by molar-refractivity contribution is 0.0653. The van der Waals surface area contributed by atoms with E-state index in [1.54, 1.807) is 7.11 Å². The number of hydrogen-bond donors (Lipinski definition) is 1. The minimum atomic E-state index is -0.568. The van der Waals surface area contributed by atoms with Crippen LogP contribution in [0.1, 0.15) is 12.5 Å². The van der Waals surface area contributed by atoms with Crippen molar-refractivity contribution in [3.8, 4) is 11.5 Å². The van der Waals surface area contributed by atoms with Gasteiger partial charge < -0.3 is 19.5 Å². The van der Waals surface area contributed by atoms with Crippen molar-refractivity contribution in [3.63, 3.8) is 0 Å². The molecule has 2 aromatic carbocycles. The van der Waals surface area contributed by atoms with Gasteiger partial charge in [-0.25, -0.2) is 0 Å². The van der Waals surface area contributed by atoms with Crippen molar-refractivity contribution >= 4 is 23.4 Å². The van der Waals surface area contributed by atoms with Gasteiger partial charge in [0.25, 0.3) is 0 Å². The molecule has 1 saturated heterocycles. The van der Waals surface area contributed by atoms with Crippen molar-refractivity contribution in [2.45, 2.75) is 13.0 Å². The quantitative estimate of drug-likeness (QED) is 0.706. The van der Waals surface area contributed by atoms with E-state index >= 15 is 0 Å². The fourth-order valence-electron chi connectivity index (χ4n) is 3.52. The molecule has 0 amide bonds. The van der Waals surface area contributed by atoms with Crippen LogP contribution in [0.15, 0.2) is 48.5 Å². The fourth-order valence-corrected chi connectivity index (χ4v) is 3.77. The van der Waals surface area contributed by atoms with Gasteiger partial charge in [0.15, 0.2) is 11.5 Å². The normalized spacial score (nSPS) is 16.2. The number of piperazine rings is 1. The van der Waals surface area contributed by atoms with Crippen LogP contribution in [0, 0.1) is 0 Å².